The van der Waals surface area contributed by atoms with Gasteiger partial charge in [-0.1, -0.05) is 35.9 Å². The molecule has 0 saturated carbocycles. The van der Waals surface area contributed by atoms with Gasteiger partial charge in [-0.2, -0.15) is 0 Å². The molecule has 0 aliphatic rings. The maximum Gasteiger partial charge on any atom is 0.276 e. The quantitative estimate of drug-likeness (QED) is 0.691. The molecule has 1 aromatic heterocycles. The van der Waals surface area contributed by atoms with Gasteiger partial charge in [-0.15, -0.1) is 0 Å². The average molecular weight is 352 g/mol. The van der Waals surface area contributed by atoms with Crippen LogP contribution in [0.25, 0.3) is 0 Å². The summed E-state index contributed by atoms with van der Waals surface area (Å²) in [6.07, 6.45) is 1.65. The normalized spacial score (nSPS) is 10.3. The minimum atomic E-state index is -0.122. The van der Waals surface area contributed by atoms with Crippen LogP contribution in [0, 0.1) is 0 Å². The third kappa shape index (κ3) is 4.17. The van der Waals surface area contributed by atoms with Crippen molar-refractivity contribution in [2.45, 2.75) is 6.92 Å². The predicted molar refractivity (Wildman–Crippen MR) is 103 cm³/mol. The first-order valence-corrected chi connectivity index (χ1v) is 8.40. The Bertz CT molecular complexity index is 850. The van der Waals surface area contributed by atoms with Gasteiger partial charge in [0.1, 0.15) is 5.69 Å². The van der Waals surface area contributed by atoms with Gasteiger partial charge in [-0.05, 0) is 49.4 Å². The van der Waals surface area contributed by atoms with Crippen molar-refractivity contribution in [2.24, 2.45) is 0 Å². The molecule has 126 valence electrons. The Hall–Kier alpha value is -2.85. The van der Waals surface area contributed by atoms with Crippen molar-refractivity contribution in [1.82, 2.24) is 4.98 Å². The number of hydrogen-bond acceptors (Lipinski definition) is 3. The van der Waals surface area contributed by atoms with Crippen molar-refractivity contribution in [3.8, 4) is 0 Å². The van der Waals surface area contributed by atoms with Crippen LogP contribution in [0.2, 0.25) is 5.02 Å². The Balaban J connectivity index is 1.76. The number of anilines is 3. The lowest BCUT2D eigenvalue weighted by molar-refractivity contribution is 0.0983. The van der Waals surface area contributed by atoms with E-state index in [0.29, 0.717) is 17.3 Å². The maximum atomic E-state index is 12.7. The van der Waals surface area contributed by atoms with E-state index >= 15 is 0 Å². The Kier molecular flexibility index (Phi) is 5.31. The van der Waals surface area contributed by atoms with E-state index in [9.17, 15) is 4.79 Å². The van der Waals surface area contributed by atoms with E-state index < -0.39 is 0 Å². The molecule has 1 heterocycles. The van der Waals surface area contributed by atoms with E-state index in [1.165, 1.54) is 0 Å². The van der Waals surface area contributed by atoms with Gasteiger partial charge < -0.3 is 10.2 Å². The lowest BCUT2D eigenvalue weighted by Crippen LogP contribution is -2.31. The number of nitrogens with zero attached hydrogens (tertiary/aromatic N) is 2. The number of benzene rings is 2. The second kappa shape index (κ2) is 7.81. The Labute approximate surface area is 152 Å². The Morgan fingerprint density at radius 3 is 2.48 bits per heavy atom. The fraction of sp³-hybridized carbons (Fsp3) is 0.100. The molecular weight excluding hydrogens is 334 g/mol. The van der Waals surface area contributed by atoms with Crippen LogP contribution in [-0.4, -0.2) is 17.4 Å². The van der Waals surface area contributed by atoms with Gasteiger partial charge in [0.05, 0.1) is 11.9 Å². The first-order valence-electron chi connectivity index (χ1n) is 8.03. The number of aromatic nitrogens is 1. The topological polar surface area (TPSA) is 45.2 Å². The molecule has 0 bridgehead atoms. The molecule has 0 atom stereocenters. The fourth-order valence-electron chi connectivity index (χ4n) is 2.52. The Morgan fingerprint density at radius 1 is 1.04 bits per heavy atom. The van der Waals surface area contributed by atoms with Gasteiger partial charge in [0.15, 0.2) is 0 Å². The highest BCUT2D eigenvalue weighted by molar-refractivity contribution is 6.30. The van der Waals surface area contributed by atoms with Gasteiger partial charge in [-0.25, -0.2) is 4.98 Å². The van der Waals surface area contributed by atoms with Crippen molar-refractivity contribution in [1.29, 1.82) is 0 Å². The zero-order valence-electron chi connectivity index (χ0n) is 13.8. The summed E-state index contributed by atoms with van der Waals surface area (Å²) in [5.74, 6) is -0.122. The van der Waals surface area contributed by atoms with Crippen molar-refractivity contribution in [3.63, 3.8) is 0 Å². The van der Waals surface area contributed by atoms with Crippen LogP contribution in [0.5, 0.6) is 0 Å². The molecule has 3 rings (SSSR count). The summed E-state index contributed by atoms with van der Waals surface area (Å²) in [7, 11) is 0. The van der Waals surface area contributed by atoms with Gasteiger partial charge in [-0.3, -0.25) is 4.79 Å². The summed E-state index contributed by atoms with van der Waals surface area (Å²) in [5, 5.41) is 3.87. The van der Waals surface area contributed by atoms with Crippen LogP contribution >= 0.6 is 11.6 Å². The van der Waals surface area contributed by atoms with Crippen molar-refractivity contribution in [3.05, 3.63) is 83.6 Å². The number of hydrogen-bond donors (Lipinski definition) is 1. The van der Waals surface area contributed by atoms with Crippen LogP contribution in [0.4, 0.5) is 17.1 Å². The van der Waals surface area contributed by atoms with E-state index in [1.807, 2.05) is 67.6 Å². The van der Waals surface area contributed by atoms with Crippen molar-refractivity contribution in [2.75, 3.05) is 16.8 Å². The summed E-state index contributed by atoms with van der Waals surface area (Å²) in [6, 6.07) is 20.6. The number of para-hydroxylation sites is 1. The molecular formula is C20H18ClN3O. The third-order valence-corrected chi connectivity index (χ3v) is 3.96. The first-order chi connectivity index (χ1) is 12.2. The van der Waals surface area contributed by atoms with Crippen LogP contribution in [0.1, 0.15) is 17.4 Å². The first kappa shape index (κ1) is 17.0. The zero-order valence-corrected chi connectivity index (χ0v) is 14.6. The molecule has 1 amide bonds. The number of amides is 1. The molecule has 0 saturated heterocycles. The van der Waals surface area contributed by atoms with Gasteiger partial charge in [0.25, 0.3) is 5.91 Å². The fourth-order valence-corrected chi connectivity index (χ4v) is 2.71. The zero-order chi connectivity index (χ0) is 17.6. The van der Waals surface area contributed by atoms with Crippen LogP contribution in [0.15, 0.2) is 72.9 Å². The molecule has 0 unspecified atom stereocenters. The molecule has 0 fully saturated rings. The number of halogens is 1. The summed E-state index contributed by atoms with van der Waals surface area (Å²) >= 11 is 5.98. The monoisotopic (exact) mass is 351 g/mol. The molecule has 0 spiro atoms. The molecule has 0 aliphatic heterocycles. The Morgan fingerprint density at radius 2 is 1.84 bits per heavy atom. The lowest BCUT2D eigenvalue weighted by atomic mass is 10.2. The minimum absolute atomic E-state index is 0.122. The van der Waals surface area contributed by atoms with E-state index in [4.69, 9.17) is 11.6 Å². The summed E-state index contributed by atoms with van der Waals surface area (Å²) < 4.78 is 0. The second-order valence-corrected chi connectivity index (χ2v) is 5.89. The number of pyridine rings is 1. The third-order valence-electron chi connectivity index (χ3n) is 3.73. The molecule has 3 aromatic rings. The van der Waals surface area contributed by atoms with Crippen molar-refractivity contribution >= 4 is 34.6 Å². The molecule has 0 radical (unpaired) electrons. The standard InChI is InChI=1S/C20H18ClN3O/c1-2-24(18-9-4-3-5-10-18)20(25)19-12-11-17(14-22-19)23-16-8-6-7-15(21)13-16/h3-14,23H,2H2,1H3. The van der Waals surface area contributed by atoms with Crippen LogP contribution in [-0.2, 0) is 0 Å². The highest BCUT2D eigenvalue weighted by atomic mass is 35.5. The van der Waals surface area contributed by atoms with Crippen LogP contribution in [0.3, 0.4) is 0 Å². The highest BCUT2D eigenvalue weighted by Crippen LogP contribution is 2.21. The number of carbonyl (C=O) groups excluding carboxylic acids is 1. The van der Waals surface area contributed by atoms with Gasteiger partial charge >= 0.3 is 0 Å². The predicted octanol–water partition coefficient (Wildman–Crippen LogP) is 5.15. The molecule has 25 heavy (non-hydrogen) atoms. The number of carbonyl (C=O) groups is 1. The number of rotatable bonds is 5. The van der Waals surface area contributed by atoms with Gasteiger partial charge in [0.2, 0.25) is 0 Å². The van der Waals surface area contributed by atoms with Crippen molar-refractivity contribution < 1.29 is 4.79 Å². The second-order valence-electron chi connectivity index (χ2n) is 5.45. The molecule has 0 aliphatic carbocycles. The lowest BCUT2D eigenvalue weighted by Gasteiger charge is -2.20. The van der Waals surface area contributed by atoms with Gasteiger partial charge in [0, 0.05) is 22.9 Å². The molecule has 1 N–H and O–H groups in total. The summed E-state index contributed by atoms with van der Waals surface area (Å²) in [6.45, 7) is 2.52. The van der Waals surface area contributed by atoms with E-state index in [-0.39, 0.29) is 5.91 Å². The average Bonchev–Trinajstić information content (AvgIpc) is 2.64. The maximum absolute atomic E-state index is 12.7. The molecule has 4 nitrogen and oxygen atoms in total. The van der Waals surface area contributed by atoms with E-state index in [0.717, 1.165) is 17.1 Å². The largest absolute Gasteiger partial charge is 0.354 e. The SMILES string of the molecule is CCN(C(=O)c1ccc(Nc2cccc(Cl)c2)cn1)c1ccccc1. The molecule has 2 aromatic carbocycles. The smallest absolute Gasteiger partial charge is 0.276 e. The highest BCUT2D eigenvalue weighted by Gasteiger charge is 2.17. The van der Waals surface area contributed by atoms with Crippen LogP contribution < -0.4 is 10.2 Å². The minimum Gasteiger partial charge on any atom is -0.354 e. The van der Waals surface area contributed by atoms with E-state index in [1.54, 1.807) is 17.2 Å². The summed E-state index contributed by atoms with van der Waals surface area (Å²) in [4.78, 5) is 18.7. The van der Waals surface area contributed by atoms with E-state index in [2.05, 4.69) is 10.3 Å². The molecule has 5 heteroatoms. The summed E-state index contributed by atoms with van der Waals surface area (Å²) in [5.41, 5.74) is 2.93. The number of nitrogens with one attached hydrogen (secondary N) is 1.